The van der Waals surface area contributed by atoms with Gasteiger partial charge in [-0.3, -0.25) is 4.79 Å². The monoisotopic (exact) mass is 268 g/mol. The van der Waals surface area contributed by atoms with Crippen molar-refractivity contribution in [3.05, 3.63) is 29.8 Å². The third-order valence-electron chi connectivity index (χ3n) is 2.76. The highest BCUT2D eigenvalue weighted by atomic mass is 35.5. The van der Waals surface area contributed by atoms with Crippen LogP contribution in [0.25, 0.3) is 0 Å². The number of benzene rings is 1. The van der Waals surface area contributed by atoms with Gasteiger partial charge in [0.15, 0.2) is 0 Å². The molecule has 2 rings (SSSR count). The molecule has 0 saturated heterocycles. The van der Waals surface area contributed by atoms with Gasteiger partial charge in [-0.25, -0.2) is 0 Å². The number of hydrogen-bond donors (Lipinski definition) is 3. The van der Waals surface area contributed by atoms with Crippen LogP contribution in [-0.2, 0) is 0 Å². The van der Waals surface area contributed by atoms with Gasteiger partial charge >= 0.3 is 0 Å². The van der Waals surface area contributed by atoms with Crippen LogP contribution >= 0.6 is 11.6 Å². The van der Waals surface area contributed by atoms with E-state index in [1.807, 2.05) is 12.1 Å². The molecular weight excluding hydrogens is 252 g/mol. The molecule has 5 heteroatoms. The lowest BCUT2D eigenvalue weighted by atomic mass is 10.2. The van der Waals surface area contributed by atoms with Crippen LogP contribution in [0.5, 0.6) is 0 Å². The maximum Gasteiger partial charge on any atom is 0.251 e. The maximum absolute atomic E-state index is 11.8. The Labute approximate surface area is 111 Å². The number of halogens is 1. The predicted octanol–water partition coefficient (Wildman–Crippen LogP) is 1.59. The maximum atomic E-state index is 11.8. The van der Waals surface area contributed by atoms with Crippen LogP contribution in [-0.4, -0.2) is 35.6 Å². The number of amides is 1. The molecule has 0 aromatic heterocycles. The molecule has 0 heterocycles. The summed E-state index contributed by atoms with van der Waals surface area (Å²) in [5.41, 5.74) is 1.44. The van der Waals surface area contributed by atoms with Crippen molar-refractivity contribution in [2.45, 2.75) is 25.0 Å². The molecule has 0 bridgehead atoms. The minimum atomic E-state index is -0.587. The molecule has 1 aromatic rings. The summed E-state index contributed by atoms with van der Waals surface area (Å²) in [5.74, 6) is 0.147. The lowest BCUT2D eigenvalue weighted by Gasteiger charge is -2.11. The second-order valence-corrected chi connectivity index (χ2v) is 4.83. The van der Waals surface area contributed by atoms with E-state index in [2.05, 4.69) is 10.6 Å². The van der Waals surface area contributed by atoms with Gasteiger partial charge in [-0.2, -0.15) is 0 Å². The van der Waals surface area contributed by atoms with E-state index in [4.69, 9.17) is 11.6 Å². The highest BCUT2D eigenvalue weighted by molar-refractivity contribution is 6.18. The normalized spacial score (nSPS) is 16.1. The van der Waals surface area contributed by atoms with Crippen LogP contribution in [0, 0.1) is 0 Å². The van der Waals surface area contributed by atoms with E-state index in [-0.39, 0.29) is 11.8 Å². The first-order valence-electron chi connectivity index (χ1n) is 6.08. The van der Waals surface area contributed by atoms with Crippen molar-refractivity contribution in [2.75, 3.05) is 17.7 Å². The first kappa shape index (κ1) is 13.2. The Balaban J connectivity index is 1.93. The fourth-order valence-electron chi connectivity index (χ4n) is 1.56. The topological polar surface area (TPSA) is 61.4 Å². The van der Waals surface area contributed by atoms with Crippen LogP contribution in [0.4, 0.5) is 5.69 Å². The van der Waals surface area contributed by atoms with E-state index in [1.165, 1.54) is 0 Å². The molecular formula is C13H17ClN2O2. The average Bonchev–Trinajstić information content (AvgIpc) is 3.20. The fourth-order valence-corrected chi connectivity index (χ4v) is 1.67. The van der Waals surface area contributed by atoms with E-state index in [0.29, 0.717) is 18.2 Å². The molecule has 1 unspecified atom stereocenters. The Bertz CT molecular complexity index is 421. The summed E-state index contributed by atoms with van der Waals surface area (Å²) in [7, 11) is 0. The zero-order valence-corrected chi connectivity index (χ0v) is 10.8. The molecule has 1 aliphatic rings. The van der Waals surface area contributed by atoms with Gasteiger partial charge in [0.05, 0.1) is 12.0 Å². The Morgan fingerprint density at radius 2 is 2.28 bits per heavy atom. The fraction of sp³-hybridized carbons (Fsp3) is 0.462. The third kappa shape index (κ3) is 3.89. The highest BCUT2D eigenvalue weighted by Gasteiger charge is 2.23. The molecule has 1 amide bonds. The predicted molar refractivity (Wildman–Crippen MR) is 72.1 cm³/mol. The van der Waals surface area contributed by atoms with Crippen LogP contribution in [0.1, 0.15) is 23.2 Å². The quantitative estimate of drug-likeness (QED) is 0.687. The van der Waals surface area contributed by atoms with Crippen LogP contribution < -0.4 is 10.6 Å². The number of carbonyl (C=O) groups excluding carboxylic acids is 1. The Morgan fingerprint density at radius 1 is 1.50 bits per heavy atom. The van der Waals surface area contributed by atoms with Gasteiger partial charge in [0.25, 0.3) is 5.91 Å². The first-order chi connectivity index (χ1) is 8.69. The van der Waals surface area contributed by atoms with Crippen LogP contribution in [0.2, 0.25) is 0 Å². The molecule has 3 N–H and O–H groups in total. The summed E-state index contributed by atoms with van der Waals surface area (Å²) in [4.78, 5) is 11.8. The molecule has 4 nitrogen and oxygen atoms in total. The minimum absolute atomic E-state index is 0.0426. The molecule has 1 aromatic carbocycles. The molecule has 0 spiro atoms. The molecule has 1 aliphatic carbocycles. The van der Waals surface area contributed by atoms with Gasteiger partial charge in [-0.05, 0) is 31.0 Å². The van der Waals surface area contributed by atoms with Crippen LogP contribution in [0.3, 0.4) is 0 Å². The van der Waals surface area contributed by atoms with E-state index in [9.17, 15) is 9.90 Å². The first-order valence-corrected chi connectivity index (χ1v) is 6.61. The molecule has 0 aliphatic heterocycles. The van der Waals surface area contributed by atoms with E-state index < -0.39 is 6.10 Å². The average molecular weight is 269 g/mol. The lowest BCUT2D eigenvalue weighted by Crippen LogP contribution is -2.25. The Hall–Kier alpha value is -1.26. The van der Waals surface area contributed by atoms with Crippen molar-refractivity contribution in [3.63, 3.8) is 0 Å². The number of hydrogen-bond acceptors (Lipinski definition) is 3. The molecule has 1 atom stereocenters. The summed E-state index contributed by atoms with van der Waals surface area (Å²) < 4.78 is 0. The molecule has 18 heavy (non-hydrogen) atoms. The number of nitrogens with one attached hydrogen (secondary N) is 2. The summed E-state index contributed by atoms with van der Waals surface area (Å²) in [6.07, 6.45) is 1.56. The summed E-state index contributed by atoms with van der Waals surface area (Å²) in [6.45, 7) is 0.372. The number of carbonyl (C=O) groups is 1. The molecule has 1 fully saturated rings. The summed E-state index contributed by atoms with van der Waals surface area (Å²) >= 11 is 5.51. The van der Waals surface area contributed by atoms with Crippen molar-refractivity contribution >= 4 is 23.2 Å². The SMILES string of the molecule is O=C(NC1CC1)c1cccc(NCC(O)CCl)c1. The number of aliphatic hydroxyl groups excluding tert-OH is 1. The van der Waals surface area contributed by atoms with Crippen molar-refractivity contribution in [3.8, 4) is 0 Å². The van der Waals surface area contributed by atoms with E-state index in [1.54, 1.807) is 12.1 Å². The molecule has 98 valence electrons. The van der Waals surface area contributed by atoms with Crippen molar-refractivity contribution < 1.29 is 9.90 Å². The van der Waals surface area contributed by atoms with Crippen molar-refractivity contribution in [1.29, 1.82) is 0 Å². The van der Waals surface area contributed by atoms with Gasteiger partial charge in [0, 0.05) is 23.8 Å². The van der Waals surface area contributed by atoms with E-state index in [0.717, 1.165) is 18.5 Å². The standard InChI is InChI=1S/C13H17ClN2O2/c14-7-12(17)8-15-11-3-1-2-9(6-11)13(18)16-10-4-5-10/h1-3,6,10,12,15,17H,4-5,7-8H2,(H,16,18). The van der Waals surface area contributed by atoms with Crippen LogP contribution in [0.15, 0.2) is 24.3 Å². The zero-order chi connectivity index (χ0) is 13.0. The van der Waals surface area contributed by atoms with Gasteiger partial charge in [-0.1, -0.05) is 6.07 Å². The number of anilines is 1. The number of rotatable bonds is 6. The number of alkyl halides is 1. The molecule has 0 radical (unpaired) electrons. The third-order valence-corrected chi connectivity index (χ3v) is 3.11. The smallest absolute Gasteiger partial charge is 0.251 e. The molecule has 1 saturated carbocycles. The van der Waals surface area contributed by atoms with Gasteiger partial charge in [0.1, 0.15) is 0 Å². The Morgan fingerprint density at radius 3 is 2.94 bits per heavy atom. The largest absolute Gasteiger partial charge is 0.390 e. The van der Waals surface area contributed by atoms with Gasteiger partial charge in [-0.15, -0.1) is 11.6 Å². The summed E-state index contributed by atoms with van der Waals surface area (Å²) in [6, 6.07) is 7.58. The van der Waals surface area contributed by atoms with Crippen molar-refractivity contribution in [2.24, 2.45) is 0 Å². The second kappa shape index (κ2) is 6.07. The Kier molecular flexibility index (Phi) is 4.44. The lowest BCUT2D eigenvalue weighted by molar-refractivity contribution is 0.0951. The number of aliphatic hydroxyl groups is 1. The second-order valence-electron chi connectivity index (χ2n) is 4.52. The minimum Gasteiger partial charge on any atom is -0.390 e. The van der Waals surface area contributed by atoms with Gasteiger partial charge in [0.2, 0.25) is 0 Å². The summed E-state index contributed by atoms with van der Waals surface area (Å²) in [5, 5.41) is 15.3. The van der Waals surface area contributed by atoms with Crippen molar-refractivity contribution in [1.82, 2.24) is 5.32 Å². The zero-order valence-electron chi connectivity index (χ0n) is 10.0. The highest BCUT2D eigenvalue weighted by Crippen LogP contribution is 2.20. The van der Waals surface area contributed by atoms with Gasteiger partial charge < -0.3 is 15.7 Å². The van der Waals surface area contributed by atoms with E-state index >= 15 is 0 Å².